The van der Waals surface area contributed by atoms with Gasteiger partial charge < -0.3 is 5.73 Å². The second kappa shape index (κ2) is 4.30. The third-order valence-electron chi connectivity index (χ3n) is 2.99. The fourth-order valence-corrected chi connectivity index (χ4v) is 1.98. The Morgan fingerprint density at radius 2 is 2.00 bits per heavy atom. The van der Waals surface area contributed by atoms with E-state index in [-0.39, 0.29) is 0 Å². The topological polar surface area (TPSA) is 56.7 Å². The van der Waals surface area contributed by atoms with Gasteiger partial charge in [0.2, 0.25) is 0 Å². The summed E-state index contributed by atoms with van der Waals surface area (Å²) in [6.07, 6.45) is 3.24. The van der Waals surface area contributed by atoms with Gasteiger partial charge in [0, 0.05) is 12.0 Å². The molecule has 1 heterocycles. The average Bonchev–Trinajstić information content (AvgIpc) is 3.13. The van der Waals surface area contributed by atoms with Gasteiger partial charge in [-0.1, -0.05) is 30.3 Å². The van der Waals surface area contributed by atoms with Gasteiger partial charge in [0.05, 0.1) is 6.04 Å². The Kier molecular flexibility index (Phi) is 2.65. The van der Waals surface area contributed by atoms with E-state index in [9.17, 15) is 0 Å². The molecular formula is C13H16N4. The van der Waals surface area contributed by atoms with Crippen LogP contribution in [0.3, 0.4) is 0 Å². The molecule has 0 radical (unpaired) electrons. The smallest absolute Gasteiger partial charge is 0.181 e. The summed E-state index contributed by atoms with van der Waals surface area (Å²) in [5.74, 6) is 1.84. The maximum atomic E-state index is 5.62. The first-order valence-corrected chi connectivity index (χ1v) is 6.09. The first-order chi connectivity index (χ1) is 8.38. The zero-order chi connectivity index (χ0) is 11.7. The summed E-state index contributed by atoms with van der Waals surface area (Å²) in [6.45, 7) is 0.625. The van der Waals surface area contributed by atoms with E-state index >= 15 is 0 Å². The number of hydrogen-bond donors (Lipinski definition) is 1. The van der Waals surface area contributed by atoms with Crippen molar-refractivity contribution >= 4 is 0 Å². The number of rotatable bonds is 4. The Morgan fingerprint density at radius 1 is 1.24 bits per heavy atom. The summed E-state index contributed by atoms with van der Waals surface area (Å²) < 4.78 is 2.06. The van der Waals surface area contributed by atoms with Gasteiger partial charge in [0.25, 0.3) is 0 Å². The van der Waals surface area contributed by atoms with Gasteiger partial charge in [-0.2, -0.15) is 5.10 Å². The van der Waals surface area contributed by atoms with Gasteiger partial charge in [-0.25, -0.2) is 9.67 Å². The predicted molar refractivity (Wildman–Crippen MR) is 66.5 cm³/mol. The Balaban J connectivity index is 1.98. The molecular weight excluding hydrogens is 212 g/mol. The third-order valence-corrected chi connectivity index (χ3v) is 2.99. The molecule has 1 aromatic heterocycles. The zero-order valence-electron chi connectivity index (χ0n) is 9.71. The Bertz CT molecular complexity index is 499. The van der Waals surface area contributed by atoms with E-state index in [1.807, 2.05) is 30.3 Å². The summed E-state index contributed by atoms with van der Waals surface area (Å²) >= 11 is 0. The minimum absolute atomic E-state index is 0.557. The molecule has 2 aromatic rings. The van der Waals surface area contributed by atoms with E-state index in [0.29, 0.717) is 12.6 Å². The van der Waals surface area contributed by atoms with Crippen LogP contribution in [0.25, 0.3) is 11.4 Å². The van der Waals surface area contributed by atoms with Crippen LogP contribution in [0.4, 0.5) is 0 Å². The van der Waals surface area contributed by atoms with Crippen molar-refractivity contribution in [2.24, 2.45) is 5.73 Å². The van der Waals surface area contributed by atoms with Crippen molar-refractivity contribution in [3.05, 3.63) is 36.2 Å². The fourth-order valence-electron chi connectivity index (χ4n) is 1.98. The molecule has 3 rings (SSSR count). The lowest BCUT2D eigenvalue weighted by molar-refractivity contribution is 0.599. The Morgan fingerprint density at radius 3 is 2.65 bits per heavy atom. The Labute approximate surface area is 100 Å². The van der Waals surface area contributed by atoms with Gasteiger partial charge in [0.15, 0.2) is 5.82 Å². The maximum Gasteiger partial charge on any atom is 0.181 e. The molecule has 0 aliphatic heterocycles. The van der Waals surface area contributed by atoms with E-state index in [4.69, 9.17) is 5.73 Å². The van der Waals surface area contributed by atoms with Gasteiger partial charge >= 0.3 is 0 Å². The zero-order valence-corrected chi connectivity index (χ0v) is 9.71. The fraction of sp³-hybridized carbons (Fsp3) is 0.385. The van der Waals surface area contributed by atoms with Gasteiger partial charge in [0.1, 0.15) is 5.82 Å². The molecule has 17 heavy (non-hydrogen) atoms. The molecule has 2 N–H and O–H groups in total. The summed E-state index contributed by atoms with van der Waals surface area (Å²) in [6, 6.07) is 10.7. The molecule has 1 aromatic carbocycles. The lowest BCUT2D eigenvalue weighted by Crippen LogP contribution is -2.10. The number of benzene rings is 1. The van der Waals surface area contributed by atoms with E-state index < -0.39 is 0 Å². The van der Waals surface area contributed by atoms with Crippen LogP contribution in [0.15, 0.2) is 30.3 Å². The average molecular weight is 228 g/mol. The molecule has 0 atom stereocenters. The van der Waals surface area contributed by atoms with E-state index in [1.54, 1.807) is 0 Å². The predicted octanol–water partition coefficient (Wildman–Crippen LogP) is 1.78. The highest BCUT2D eigenvalue weighted by atomic mass is 15.4. The maximum absolute atomic E-state index is 5.62. The van der Waals surface area contributed by atoms with Crippen LogP contribution in [-0.2, 0) is 6.42 Å². The third kappa shape index (κ3) is 2.08. The van der Waals surface area contributed by atoms with Gasteiger partial charge in [-0.15, -0.1) is 0 Å². The molecule has 1 saturated carbocycles. The number of aromatic nitrogens is 3. The number of nitrogens with two attached hydrogens (primary N) is 1. The SMILES string of the molecule is NCCc1nc(-c2ccccc2)nn1C1CC1. The van der Waals surface area contributed by atoms with Crippen LogP contribution in [-0.4, -0.2) is 21.3 Å². The van der Waals surface area contributed by atoms with Crippen LogP contribution in [0.5, 0.6) is 0 Å². The first-order valence-electron chi connectivity index (χ1n) is 6.09. The van der Waals surface area contributed by atoms with Crippen molar-refractivity contribution in [2.45, 2.75) is 25.3 Å². The van der Waals surface area contributed by atoms with Gasteiger partial charge in [-0.05, 0) is 19.4 Å². The molecule has 0 spiro atoms. The minimum Gasteiger partial charge on any atom is -0.330 e. The van der Waals surface area contributed by atoms with Crippen LogP contribution in [0.2, 0.25) is 0 Å². The molecule has 0 unspecified atom stereocenters. The molecule has 88 valence electrons. The molecule has 1 fully saturated rings. The number of nitrogens with zero attached hydrogens (tertiary/aromatic N) is 3. The van der Waals surface area contributed by atoms with Crippen molar-refractivity contribution in [3.63, 3.8) is 0 Å². The van der Waals surface area contributed by atoms with Crippen LogP contribution in [0.1, 0.15) is 24.7 Å². The summed E-state index contributed by atoms with van der Waals surface area (Å²) in [7, 11) is 0. The monoisotopic (exact) mass is 228 g/mol. The minimum atomic E-state index is 0.557. The highest BCUT2D eigenvalue weighted by Crippen LogP contribution is 2.35. The first kappa shape index (κ1) is 10.5. The molecule has 0 bridgehead atoms. The van der Waals surface area contributed by atoms with Gasteiger partial charge in [-0.3, -0.25) is 0 Å². The van der Waals surface area contributed by atoms with Crippen molar-refractivity contribution in [1.29, 1.82) is 0 Å². The van der Waals surface area contributed by atoms with Crippen LogP contribution < -0.4 is 5.73 Å². The van der Waals surface area contributed by atoms with E-state index in [0.717, 1.165) is 23.6 Å². The molecule has 1 aliphatic carbocycles. The van der Waals surface area contributed by atoms with Crippen LogP contribution >= 0.6 is 0 Å². The molecule has 0 amide bonds. The lowest BCUT2D eigenvalue weighted by Gasteiger charge is -2.00. The second-order valence-electron chi connectivity index (χ2n) is 4.43. The molecule has 4 heteroatoms. The standard InChI is InChI=1S/C13H16N4/c14-9-8-12-15-13(10-4-2-1-3-5-10)16-17(12)11-6-7-11/h1-5,11H,6-9,14H2. The van der Waals surface area contributed by atoms with Crippen LogP contribution in [0, 0.1) is 0 Å². The van der Waals surface area contributed by atoms with Crippen molar-refractivity contribution in [2.75, 3.05) is 6.54 Å². The summed E-state index contributed by atoms with van der Waals surface area (Å²) in [5, 5.41) is 4.61. The van der Waals surface area contributed by atoms with Crippen molar-refractivity contribution in [1.82, 2.24) is 14.8 Å². The summed E-state index contributed by atoms with van der Waals surface area (Å²) in [4.78, 5) is 4.60. The summed E-state index contributed by atoms with van der Waals surface area (Å²) in [5.41, 5.74) is 6.69. The Hall–Kier alpha value is -1.68. The van der Waals surface area contributed by atoms with Crippen molar-refractivity contribution in [3.8, 4) is 11.4 Å². The largest absolute Gasteiger partial charge is 0.330 e. The lowest BCUT2D eigenvalue weighted by atomic mass is 10.2. The molecule has 0 saturated heterocycles. The van der Waals surface area contributed by atoms with Crippen molar-refractivity contribution < 1.29 is 0 Å². The van der Waals surface area contributed by atoms with E-state index in [2.05, 4.69) is 14.8 Å². The molecule has 4 nitrogen and oxygen atoms in total. The second-order valence-corrected chi connectivity index (χ2v) is 4.43. The quantitative estimate of drug-likeness (QED) is 0.867. The van der Waals surface area contributed by atoms with E-state index in [1.165, 1.54) is 12.8 Å². The molecule has 1 aliphatic rings. The highest BCUT2D eigenvalue weighted by molar-refractivity contribution is 5.54. The number of hydrogen-bond acceptors (Lipinski definition) is 3. The normalized spacial score (nSPS) is 15.1. The highest BCUT2D eigenvalue weighted by Gasteiger charge is 2.27.